The van der Waals surface area contributed by atoms with Crippen LogP contribution in [0.1, 0.15) is 71.6 Å². The first-order chi connectivity index (χ1) is 13.4. The molecule has 2 aliphatic carbocycles. The summed E-state index contributed by atoms with van der Waals surface area (Å²) in [5.74, 6) is 0.0865. The van der Waals surface area contributed by atoms with Crippen molar-refractivity contribution in [1.29, 1.82) is 5.26 Å². The summed E-state index contributed by atoms with van der Waals surface area (Å²) in [6.45, 7) is 4.21. The zero-order valence-electron chi connectivity index (χ0n) is 17.2. The molecule has 0 aromatic rings. The van der Waals surface area contributed by atoms with Crippen LogP contribution in [-0.4, -0.2) is 33.5 Å². The molecule has 0 heterocycles. The van der Waals surface area contributed by atoms with Crippen molar-refractivity contribution in [1.82, 2.24) is 0 Å². The topological polar surface area (TPSA) is 102 Å². The molecule has 6 atom stereocenters. The van der Waals surface area contributed by atoms with Gasteiger partial charge >= 0.3 is 5.97 Å². The van der Waals surface area contributed by atoms with Gasteiger partial charge in [-0.2, -0.15) is 5.26 Å². The summed E-state index contributed by atoms with van der Waals surface area (Å²) in [7, 11) is 0. The van der Waals surface area contributed by atoms with Crippen molar-refractivity contribution >= 4 is 5.97 Å². The quantitative estimate of drug-likeness (QED) is 0.384. The lowest BCUT2D eigenvalue weighted by Crippen LogP contribution is -2.19. The van der Waals surface area contributed by atoms with Gasteiger partial charge in [-0.15, -0.1) is 0 Å². The minimum atomic E-state index is -0.828. The number of fused-ring (bicyclic) bond motifs is 1. The number of nitrogens with zero attached hydrogens (tertiary/aromatic N) is 1. The third-order valence-electron chi connectivity index (χ3n) is 6.58. The fourth-order valence-corrected chi connectivity index (χ4v) is 4.84. The SMILES string of the molecule is CCCCC(C)C(O)/C=C/[C@@H]1[C@H]2C/C(=C(/C#N)CCCC(=O)O)C[C@@H]2C[C@H]1O. The maximum Gasteiger partial charge on any atom is 0.303 e. The fourth-order valence-electron chi connectivity index (χ4n) is 4.84. The van der Waals surface area contributed by atoms with E-state index in [4.69, 9.17) is 5.11 Å². The Hall–Kier alpha value is -1.64. The number of nitriles is 1. The monoisotopic (exact) mass is 389 g/mol. The first-order valence-electron chi connectivity index (χ1n) is 10.7. The first-order valence-corrected chi connectivity index (χ1v) is 10.7. The average Bonchev–Trinajstić information content (AvgIpc) is 3.18. The maximum atomic E-state index is 10.7. The molecule has 0 spiro atoms. The Balaban J connectivity index is 2.00. The second-order valence-corrected chi connectivity index (χ2v) is 8.65. The molecular weight excluding hydrogens is 354 g/mol. The largest absolute Gasteiger partial charge is 0.481 e. The number of aliphatic hydroxyl groups is 2. The smallest absolute Gasteiger partial charge is 0.303 e. The molecule has 0 aliphatic heterocycles. The fraction of sp³-hybridized carbons (Fsp3) is 0.739. The molecule has 0 aromatic carbocycles. The maximum absolute atomic E-state index is 10.7. The number of rotatable bonds is 10. The zero-order chi connectivity index (χ0) is 20.7. The van der Waals surface area contributed by atoms with Crippen molar-refractivity contribution in [3.05, 3.63) is 23.3 Å². The lowest BCUT2D eigenvalue weighted by molar-refractivity contribution is -0.137. The van der Waals surface area contributed by atoms with Crippen LogP contribution >= 0.6 is 0 Å². The molecule has 5 nitrogen and oxygen atoms in total. The molecule has 2 unspecified atom stereocenters. The predicted octanol–water partition coefficient (Wildman–Crippen LogP) is 4.21. The molecule has 156 valence electrons. The Labute approximate surface area is 168 Å². The number of hydrogen-bond donors (Lipinski definition) is 3. The van der Waals surface area contributed by atoms with Gasteiger partial charge in [0.25, 0.3) is 0 Å². The molecule has 0 radical (unpaired) electrons. The Morgan fingerprint density at radius 1 is 1.32 bits per heavy atom. The van der Waals surface area contributed by atoms with E-state index in [1.54, 1.807) is 0 Å². The molecule has 0 amide bonds. The van der Waals surface area contributed by atoms with E-state index < -0.39 is 12.1 Å². The van der Waals surface area contributed by atoms with Crippen LogP contribution in [0.4, 0.5) is 0 Å². The summed E-state index contributed by atoms with van der Waals surface area (Å²) >= 11 is 0. The van der Waals surface area contributed by atoms with Crippen LogP contribution in [0.2, 0.25) is 0 Å². The lowest BCUT2D eigenvalue weighted by atomic mass is 9.89. The Morgan fingerprint density at radius 3 is 2.71 bits per heavy atom. The van der Waals surface area contributed by atoms with Crippen molar-refractivity contribution in [2.75, 3.05) is 0 Å². The molecule has 0 bridgehead atoms. The normalized spacial score (nSPS) is 30.8. The van der Waals surface area contributed by atoms with E-state index in [0.29, 0.717) is 24.7 Å². The highest BCUT2D eigenvalue weighted by Crippen LogP contribution is 2.51. The summed E-state index contributed by atoms with van der Waals surface area (Å²) < 4.78 is 0. The minimum Gasteiger partial charge on any atom is -0.481 e. The van der Waals surface area contributed by atoms with Crippen molar-refractivity contribution in [3.8, 4) is 6.07 Å². The number of unbranched alkanes of at least 4 members (excludes halogenated alkanes) is 1. The minimum absolute atomic E-state index is 0.0227. The average molecular weight is 390 g/mol. The van der Waals surface area contributed by atoms with Gasteiger partial charge in [-0.1, -0.05) is 44.4 Å². The Bertz CT molecular complexity index is 633. The number of hydrogen-bond acceptors (Lipinski definition) is 4. The van der Waals surface area contributed by atoms with Gasteiger partial charge in [-0.05, 0) is 56.3 Å². The van der Waals surface area contributed by atoms with Gasteiger partial charge in [0, 0.05) is 17.9 Å². The van der Waals surface area contributed by atoms with E-state index in [1.807, 2.05) is 12.2 Å². The molecule has 0 aromatic heterocycles. The number of carboxylic acids is 1. The number of carboxylic acid groups (broad SMARTS) is 1. The molecular formula is C23H35NO4. The third-order valence-corrected chi connectivity index (χ3v) is 6.58. The standard InChI is InChI=1S/C23H35NO4/c1-3-4-6-15(2)21(25)10-9-19-20-12-17(11-18(20)13-22(19)26)16(14-24)7-5-8-23(27)28/h9-10,15,18-22,25-26H,3-8,11-13H2,1-2H3,(H,27,28)/b10-9+,17-16+/t15?,18-,19-,20+,21?,22-/m1/s1. The summed E-state index contributed by atoms with van der Waals surface area (Å²) in [6.07, 6.45) is 9.68. The van der Waals surface area contributed by atoms with Crippen molar-refractivity contribution in [3.63, 3.8) is 0 Å². The number of carbonyl (C=O) groups is 1. The lowest BCUT2D eigenvalue weighted by Gasteiger charge is -2.20. The highest BCUT2D eigenvalue weighted by atomic mass is 16.4. The molecule has 2 rings (SSSR count). The van der Waals surface area contributed by atoms with Gasteiger partial charge in [-0.3, -0.25) is 4.79 Å². The van der Waals surface area contributed by atoms with Gasteiger partial charge < -0.3 is 15.3 Å². The van der Waals surface area contributed by atoms with E-state index >= 15 is 0 Å². The van der Waals surface area contributed by atoms with Crippen LogP contribution in [0.25, 0.3) is 0 Å². The van der Waals surface area contributed by atoms with Crippen molar-refractivity contribution < 1.29 is 20.1 Å². The highest BCUT2D eigenvalue weighted by molar-refractivity contribution is 5.66. The van der Waals surface area contributed by atoms with Gasteiger partial charge in [0.05, 0.1) is 18.3 Å². The number of aliphatic hydroxyl groups excluding tert-OH is 2. The Morgan fingerprint density at radius 2 is 2.07 bits per heavy atom. The first kappa shape index (κ1) is 22.6. The zero-order valence-corrected chi connectivity index (χ0v) is 17.2. The third kappa shape index (κ3) is 5.93. The van der Waals surface area contributed by atoms with Gasteiger partial charge in [0.15, 0.2) is 0 Å². The molecule has 3 N–H and O–H groups in total. The van der Waals surface area contributed by atoms with Gasteiger partial charge in [0.2, 0.25) is 0 Å². The van der Waals surface area contributed by atoms with Crippen LogP contribution < -0.4 is 0 Å². The molecule has 0 saturated heterocycles. The summed E-state index contributed by atoms with van der Waals surface area (Å²) in [6, 6.07) is 2.28. The van der Waals surface area contributed by atoms with E-state index in [2.05, 4.69) is 19.9 Å². The number of allylic oxidation sites excluding steroid dienone is 2. The van der Waals surface area contributed by atoms with Crippen LogP contribution in [0.3, 0.4) is 0 Å². The van der Waals surface area contributed by atoms with Crippen molar-refractivity contribution in [2.24, 2.45) is 23.7 Å². The molecule has 2 aliphatic rings. The summed E-state index contributed by atoms with van der Waals surface area (Å²) in [5.41, 5.74) is 1.88. The molecule has 2 saturated carbocycles. The van der Waals surface area contributed by atoms with Crippen molar-refractivity contribution in [2.45, 2.75) is 83.8 Å². The number of aliphatic carboxylic acids is 1. The summed E-state index contributed by atoms with van der Waals surface area (Å²) in [4.78, 5) is 10.7. The Kier molecular flexibility index (Phi) is 8.72. The van der Waals surface area contributed by atoms with Crippen LogP contribution in [-0.2, 0) is 4.79 Å². The second kappa shape index (κ2) is 10.8. The molecule has 28 heavy (non-hydrogen) atoms. The van der Waals surface area contributed by atoms with Gasteiger partial charge in [-0.25, -0.2) is 0 Å². The van der Waals surface area contributed by atoms with E-state index in [0.717, 1.165) is 49.7 Å². The van der Waals surface area contributed by atoms with E-state index in [-0.39, 0.29) is 24.4 Å². The van der Waals surface area contributed by atoms with Gasteiger partial charge in [0.1, 0.15) is 0 Å². The molecule has 5 heteroatoms. The van der Waals surface area contributed by atoms with Crippen LogP contribution in [0.5, 0.6) is 0 Å². The molecule has 2 fully saturated rings. The van der Waals surface area contributed by atoms with E-state index in [9.17, 15) is 20.3 Å². The van der Waals surface area contributed by atoms with Crippen LogP contribution in [0.15, 0.2) is 23.3 Å². The predicted molar refractivity (Wildman–Crippen MR) is 108 cm³/mol. The van der Waals surface area contributed by atoms with Crippen LogP contribution in [0, 0.1) is 35.0 Å². The second-order valence-electron chi connectivity index (χ2n) is 8.65. The van der Waals surface area contributed by atoms with E-state index in [1.165, 1.54) is 0 Å². The summed E-state index contributed by atoms with van der Waals surface area (Å²) in [5, 5.41) is 39.2. The highest BCUT2D eigenvalue weighted by Gasteiger charge is 2.45.